The van der Waals surface area contributed by atoms with Crippen LogP contribution >= 0.6 is 0 Å². The number of ether oxygens (including phenoxy) is 1. The van der Waals surface area contributed by atoms with Gasteiger partial charge >= 0.3 is 0 Å². The fourth-order valence-corrected chi connectivity index (χ4v) is 4.46. The van der Waals surface area contributed by atoms with Crippen molar-refractivity contribution in [2.75, 3.05) is 6.61 Å². The van der Waals surface area contributed by atoms with Crippen molar-refractivity contribution in [3.8, 4) is 11.1 Å². The highest BCUT2D eigenvalue weighted by Gasteiger charge is 2.43. The van der Waals surface area contributed by atoms with Crippen molar-refractivity contribution in [1.29, 1.82) is 0 Å². The standard InChI is InChI=1S/C25H28O5/c1-2-19-18(13-16-8-4-3-5-10-20(16)19)12-15-7-6-9-17(11-15)25-24(29)23(28)22(27)21(14-26)30-25/h3-11,13,21-29H,2,12,14H2,1H3/t21-,22-,23+,24-,25+/m1/s1. The van der Waals surface area contributed by atoms with Gasteiger partial charge in [-0.2, -0.15) is 0 Å². The number of aliphatic hydroxyl groups excluding tert-OH is 4. The van der Waals surface area contributed by atoms with Gasteiger partial charge in [-0.05, 0) is 46.2 Å². The lowest BCUT2D eigenvalue weighted by molar-refractivity contribution is -0.231. The average molecular weight is 408 g/mol. The molecule has 0 radical (unpaired) electrons. The van der Waals surface area contributed by atoms with E-state index in [-0.39, 0.29) is 0 Å². The summed E-state index contributed by atoms with van der Waals surface area (Å²) in [5.74, 6) is 0. The molecule has 1 aliphatic heterocycles. The van der Waals surface area contributed by atoms with Crippen LogP contribution in [-0.2, 0) is 17.6 Å². The van der Waals surface area contributed by atoms with Crippen molar-refractivity contribution < 1.29 is 25.2 Å². The van der Waals surface area contributed by atoms with Crippen LogP contribution in [0.1, 0.15) is 35.3 Å². The molecule has 4 N–H and O–H groups in total. The van der Waals surface area contributed by atoms with E-state index in [0.29, 0.717) is 5.56 Å². The quantitative estimate of drug-likeness (QED) is 0.521. The monoisotopic (exact) mass is 408 g/mol. The fraction of sp³-hybridized carbons (Fsp3) is 0.360. The first-order chi connectivity index (χ1) is 14.5. The van der Waals surface area contributed by atoms with Crippen molar-refractivity contribution in [1.82, 2.24) is 0 Å². The fourth-order valence-electron chi connectivity index (χ4n) is 4.46. The third-order valence-electron chi connectivity index (χ3n) is 6.03. The van der Waals surface area contributed by atoms with Gasteiger partial charge in [0, 0.05) is 0 Å². The molecule has 1 aromatic rings. The Hall–Kier alpha value is -2.28. The first kappa shape index (κ1) is 21.0. The molecule has 1 fully saturated rings. The van der Waals surface area contributed by atoms with E-state index in [0.717, 1.165) is 18.4 Å². The summed E-state index contributed by atoms with van der Waals surface area (Å²) in [7, 11) is 0. The van der Waals surface area contributed by atoms with Gasteiger partial charge in [-0.3, -0.25) is 0 Å². The summed E-state index contributed by atoms with van der Waals surface area (Å²) in [6.45, 7) is 1.73. The minimum absolute atomic E-state index is 0.432. The van der Waals surface area contributed by atoms with Crippen molar-refractivity contribution in [3.05, 3.63) is 82.9 Å². The van der Waals surface area contributed by atoms with E-state index in [9.17, 15) is 20.4 Å². The van der Waals surface area contributed by atoms with Gasteiger partial charge < -0.3 is 25.2 Å². The van der Waals surface area contributed by atoms with Gasteiger partial charge in [0.2, 0.25) is 0 Å². The van der Waals surface area contributed by atoms with Crippen LogP contribution in [0.2, 0.25) is 0 Å². The van der Waals surface area contributed by atoms with E-state index in [1.165, 1.54) is 22.3 Å². The molecular weight excluding hydrogens is 380 g/mol. The van der Waals surface area contributed by atoms with Crippen LogP contribution in [0.15, 0.2) is 60.7 Å². The van der Waals surface area contributed by atoms with Crippen LogP contribution in [0.5, 0.6) is 0 Å². The molecule has 1 saturated heterocycles. The molecule has 3 aliphatic rings. The first-order valence-electron chi connectivity index (χ1n) is 10.4. The zero-order chi connectivity index (χ0) is 21.3. The Morgan fingerprint density at radius 2 is 1.67 bits per heavy atom. The summed E-state index contributed by atoms with van der Waals surface area (Å²) >= 11 is 0. The van der Waals surface area contributed by atoms with E-state index in [4.69, 9.17) is 4.74 Å². The van der Waals surface area contributed by atoms with E-state index in [1.54, 1.807) is 0 Å². The third-order valence-corrected chi connectivity index (χ3v) is 6.03. The number of hydrogen-bond acceptors (Lipinski definition) is 5. The largest absolute Gasteiger partial charge is 0.394 e. The summed E-state index contributed by atoms with van der Waals surface area (Å²) in [5.41, 5.74) is 6.87. The van der Waals surface area contributed by atoms with Crippen molar-refractivity contribution in [3.63, 3.8) is 0 Å². The minimum atomic E-state index is -1.38. The summed E-state index contributed by atoms with van der Waals surface area (Å²) in [6, 6.07) is 20.4. The van der Waals surface area contributed by atoms with Gasteiger partial charge in [0.05, 0.1) is 6.61 Å². The molecule has 0 bridgehead atoms. The van der Waals surface area contributed by atoms with Gasteiger partial charge in [0.1, 0.15) is 30.5 Å². The Balaban J connectivity index is 1.64. The molecule has 0 saturated carbocycles. The highest BCUT2D eigenvalue weighted by Crippen LogP contribution is 2.35. The predicted molar refractivity (Wildman–Crippen MR) is 114 cm³/mol. The molecule has 4 rings (SSSR count). The number of rotatable bonds is 5. The second-order valence-corrected chi connectivity index (χ2v) is 7.95. The molecule has 0 aromatic heterocycles. The van der Waals surface area contributed by atoms with E-state index < -0.39 is 37.1 Å². The Morgan fingerprint density at radius 1 is 0.867 bits per heavy atom. The minimum Gasteiger partial charge on any atom is -0.394 e. The molecule has 158 valence electrons. The number of hydrogen-bond donors (Lipinski definition) is 4. The second-order valence-electron chi connectivity index (χ2n) is 7.95. The van der Waals surface area contributed by atoms with Crippen LogP contribution in [0.4, 0.5) is 0 Å². The Labute approximate surface area is 176 Å². The Kier molecular flexibility index (Phi) is 6.18. The predicted octanol–water partition coefficient (Wildman–Crippen LogP) is 2.46. The van der Waals surface area contributed by atoms with Crippen molar-refractivity contribution in [2.24, 2.45) is 0 Å². The van der Waals surface area contributed by atoms with Gasteiger partial charge in [0.25, 0.3) is 0 Å². The molecule has 0 unspecified atom stereocenters. The van der Waals surface area contributed by atoms with Crippen LogP contribution in [-0.4, -0.2) is 51.4 Å². The zero-order valence-electron chi connectivity index (χ0n) is 17.0. The van der Waals surface area contributed by atoms with Crippen LogP contribution in [0, 0.1) is 0 Å². The number of benzene rings is 1. The van der Waals surface area contributed by atoms with Gasteiger partial charge in [-0.1, -0.05) is 67.6 Å². The van der Waals surface area contributed by atoms with Crippen LogP contribution in [0.25, 0.3) is 11.1 Å². The maximum atomic E-state index is 10.4. The molecule has 5 heteroatoms. The SMILES string of the molecule is CCc1c(Cc2cccc([C@@H]3O[C@H](CO)[C@@H](O)[C@H](O)[C@H]3O)c2)cc2cccccc1-2. The molecule has 5 nitrogen and oxygen atoms in total. The van der Waals surface area contributed by atoms with Crippen LogP contribution in [0.3, 0.4) is 0 Å². The molecule has 0 amide bonds. The molecule has 5 atom stereocenters. The van der Waals surface area contributed by atoms with Gasteiger partial charge in [0.15, 0.2) is 0 Å². The summed E-state index contributed by atoms with van der Waals surface area (Å²) in [6.07, 6.45) is -4.05. The zero-order valence-corrected chi connectivity index (χ0v) is 17.0. The summed E-state index contributed by atoms with van der Waals surface area (Å²) < 4.78 is 5.72. The smallest absolute Gasteiger partial charge is 0.113 e. The maximum absolute atomic E-state index is 10.4. The Bertz CT molecular complexity index is 969. The lowest BCUT2D eigenvalue weighted by atomic mass is 9.90. The molecule has 30 heavy (non-hydrogen) atoms. The summed E-state index contributed by atoms with van der Waals surface area (Å²) in [5, 5.41) is 40.0. The highest BCUT2D eigenvalue weighted by atomic mass is 16.5. The summed E-state index contributed by atoms with van der Waals surface area (Å²) in [4.78, 5) is 0. The van der Waals surface area contributed by atoms with Gasteiger partial charge in [-0.25, -0.2) is 0 Å². The van der Waals surface area contributed by atoms with E-state index >= 15 is 0 Å². The normalized spacial score (nSPS) is 26.8. The number of fused-ring (bicyclic) bond motifs is 1. The third kappa shape index (κ3) is 3.87. The second kappa shape index (κ2) is 8.84. The molecule has 0 spiro atoms. The lowest BCUT2D eigenvalue weighted by Gasteiger charge is -2.40. The Morgan fingerprint density at radius 3 is 2.43 bits per heavy atom. The van der Waals surface area contributed by atoms with Gasteiger partial charge in [-0.15, -0.1) is 0 Å². The first-order valence-corrected chi connectivity index (χ1v) is 10.4. The molecule has 1 heterocycles. The topological polar surface area (TPSA) is 90.2 Å². The van der Waals surface area contributed by atoms with Crippen molar-refractivity contribution in [2.45, 2.75) is 50.3 Å². The van der Waals surface area contributed by atoms with E-state index in [2.05, 4.69) is 31.2 Å². The lowest BCUT2D eigenvalue weighted by Crippen LogP contribution is -2.55. The molecule has 1 aromatic carbocycles. The van der Waals surface area contributed by atoms with Crippen LogP contribution < -0.4 is 0 Å². The molecular formula is C25H28O5. The number of aliphatic hydroxyl groups is 4. The van der Waals surface area contributed by atoms with E-state index in [1.807, 2.05) is 36.4 Å². The maximum Gasteiger partial charge on any atom is 0.113 e. The highest BCUT2D eigenvalue weighted by molar-refractivity contribution is 5.73. The van der Waals surface area contributed by atoms with Crippen molar-refractivity contribution >= 4 is 0 Å². The molecule has 2 aliphatic carbocycles. The average Bonchev–Trinajstić information content (AvgIpc) is 2.91.